The van der Waals surface area contributed by atoms with Gasteiger partial charge < -0.3 is 29.5 Å². The van der Waals surface area contributed by atoms with Crippen molar-refractivity contribution in [1.29, 1.82) is 0 Å². The zero-order valence-corrected chi connectivity index (χ0v) is 19.8. The molecule has 11 heteroatoms. The molecule has 1 aromatic carbocycles. The van der Waals surface area contributed by atoms with Crippen molar-refractivity contribution >= 4 is 28.8 Å². The number of nitrogens with zero attached hydrogens (tertiary/aromatic N) is 3. The summed E-state index contributed by atoms with van der Waals surface area (Å²) in [6.07, 6.45) is 0.437. The van der Waals surface area contributed by atoms with Gasteiger partial charge in [0.15, 0.2) is 0 Å². The molecule has 11 nitrogen and oxygen atoms in total. The molecule has 1 aliphatic heterocycles. The number of pyridine rings is 1. The van der Waals surface area contributed by atoms with Crippen LogP contribution < -0.4 is 20.1 Å². The van der Waals surface area contributed by atoms with Crippen LogP contribution in [0.15, 0.2) is 28.8 Å². The number of rotatable bonds is 2. The Labute approximate surface area is 201 Å². The van der Waals surface area contributed by atoms with Crippen molar-refractivity contribution in [3.8, 4) is 11.5 Å². The van der Waals surface area contributed by atoms with Crippen LogP contribution in [0.5, 0.6) is 11.5 Å². The monoisotopic (exact) mass is 481 g/mol. The Morgan fingerprint density at radius 1 is 1.14 bits per heavy atom. The molecule has 0 aliphatic carbocycles. The van der Waals surface area contributed by atoms with Gasteiger partial charge in [-0.3, -0.25) is 14.4 Å². The van der Waals surface area contributed by atoms with Crippen molar-refractivity contribution in [2.45, 2.75) is 20.3 Å². The highest BCUT2D eigenvalue weighted by Crippen LogP contribution is 2.25. The van der Waals surface area contributed by atoms with Crippen molar-refractivity contribution < 1.29 is 28.4 Å². The van der Waals surface area contributed by atoms with Crippen LogP contribution in [0, 0.1) is 13.8 Å². The maximum atomic E-state index is 13.5. The molecule has 4 rings (SSSR count). The normalized spacial score (nSPS) is 15.5. The number of hydrogen-bond acceptors (Lipinski definition) is 8. The summed E-state index contributed by atoms with van der Waals surface area (Å²) in [4.78, 5) is 44.7. The summed E-state index contributed by atoms with van der Waals surface area (Å²) in [6, 6.07) is 6.60. The first-order chi connectivity index (χ1) is 16.9. The SMILES string of the molecule is COc1ccc2c(c1)OCCNC(=O)CN(C(=O)c1cc(C)nc3onc(C)c13)CCCNC2=O. The van der Waals surface area contributed by atoms with Gasteiger partial charge >= 0.3 is 0 Å². The highest BCUT2D eigenvalue weighted by atomic mass is 16.5. The quantitative estimate of drug-likeness (QED) is 0.564. The molecule has 184 valence electrons. The summed E-state index contributed by atoms with van der Waals surface area (Å²) < 4.78 is 16.2. The van der Waals surface area contributed by atoms with Crippen molar-refractivity contribution in [2.75, 3.05) is 39.9 Å². The minimum Gasteiger partial charge on any atom is -0.497 e. The Morgan fingerprint density at radius 2 is 1.97 bits per heavy atom. The molecule has 0 saturated carbocycles. The molecule has 3 aromatic rings. The van der Waals surface area contributed by atoms with Gasteiger partial charge in [-0.15, -0.1) is 0 Å². The Morgan fingerprint density at radius 3 is 2.77 bits per heavy atom. The van der Waals surface area contributed by atoms with Crippen LogP contribution in [0.2, 0.25) is 0 Å². The maximum absolute atomic E-state index is 13.5. The summed E-state index contributed by atoms with van der Waals surface area (Å²) >= 11 is 0. The number of amides is 3. The molecule has 0 bridgehead atoms. The second-order valence-electron chi connectivity index (χ2n) is 8.16. The third-order valence-corrected chi connectivity index (χ3v) is 5.60. The van der Waals surface area contributed by atoms with Crippen molar-refractivity contribution in [3.63, 3.8) is 0 Å². The molecule has 0 saturated heterocycles. The molecule has 0 radical (unpaired) electrons. The lowest BCUT2D eigenvalue weighted by Crippen LogP contribution is -2.43. The minimum atomic E-state index is -0.339. The van der Waals surface area contributed by atoms with Crippen LogP contribution in [0.3, 0.4) is 0 Å². The molecule has 0 atom stereocenters. The van der Waals surface area contributed by atoms with E-state index in [1.54, 1.807) is 38.1 Å². The second kappa shape index (κ2) is 10.4. The number of aryl methyl sites for hydroxylation is 2. The average Bonchev–Trinajstić information content (AvgIpc) is 3.22. The number of ether oxygens (including phenoxy) is 2. The van der Waals surface area contributed by atoms with Gasteiger partial charge in [0, 0.05) is 24.8 Å². The molecule has 0 spiro atoms. The van der Waals surface area contributed by atoms with Crippen molar-refractivity contribution in [2.24, 2.45) is 0 Å². The summed E-state index contributed by atoms with van der Waals surface area (Å²) in [5.74, 6) is -0.0364. The largest absolute Gasteiger partial charge is 0.497 e. The topological polar surface area (TPSA) is 136 Å². The number of carbonyl (C=O) groups excluding carboxylic acids is 3. The molecular weight excluding hydrogens is 454 g/mol. The summed E-state index contributed by atoms with van der Waals surface area (Å²) in [5, 5.41) is 10.1. The Bertz CT molecular complexity index is 1270. The van der Waals surface area contributed by atoms with Gasteiger partial charge in [-0.2, -0.15) is 0 Å². The van der Waals surface area contributed by atoms with Crippen LogP contribution in [0.25, 0.3) is 11.1 Å². The van der Waals surface area contributed by atoms with Crippen molar-refractivity contribution in [1.82, 2.24) is 25.7 Å². The molecule has 3 heterocycles. The van der Waals surface area contributed by atoms with E-state index in [1.807, 2.05) is 0 Å². The fourth-order valence-electron chi connectivity index (χ4n) is 3.89. The molecular formula is C24H27N5O6. The van der Waals surface area contributed by atoms with Gasteiger partial charge in [-0.1, -0.05) is 5.16 Å². The number of nitrogens with one attached hydrogen (secondary N) is 2. The number of benzene rings is 1. The smallest absolute Gasteiger partial charge is 0.258 e. The molecule has 2 aromatic heterocycles. The van der Waals surface area contributed by atoms with Gasteiger partial charge in [0.1, 0.15) is 18.1 Å². The molecule has 3 amide bonds. The van der Waals surface area contributed by atoms with E-state index in [2.05, 4.69) is 20.8 Å². The third-order valence-electron chi connectivity index (χ3n) is 5.60. The van der Waals surface area contributed by atoms with Crippen LogP contribution in [0.4, 0.5) is 0 Å². The van der Waals surface area contributed by atoms with Gasteiger partial charge in [0.05, 0.1) is 42.4 Å². The third kappa shape index (κ3) is 5.34. The maximum Gasteiger partial charge on any atom is 0.258 e. The highest BCUT2D eigenvalue weighted by molar-refractivity contribution is 6.07. The second-order valence-corrected chi connectivity index (χ2v) is 8.16. The lowest BCUT2D eigenvalue weighted by atomic mass is 10.1. The molecule has 0 fully saturated rings. The number of carbonyl (C=O) groups is 3. The van der Waals surface area contributed by atoms with E-state index in [0.717, 1.165) is 0 Å². The Hall–Kier alpha value is -4.15. The standard InChI is InChI=1S/C24H27N5O6/c1-14-11-18(21-15(2)28-35-23(21)27-14)24(32)29-9-4-7-26-22(31)17-6-5-16(33-3)12-19(17)34-10-8-25-20(30)13-29/h5-6,11-12H,4,7-10,13H2,1-3H3,(H,25,30)(H,26,31). The number of methoxy groups -OCH3 is 1. The van der Waals surface area contributed by atoms with Gasteiger partial charge in [-0.25, -0.2) is 4.98 Å². The average molecular weight is 482 g/mol. The van der Waals surface area contributed by atoms with Crippen LogP contribution >= 0.6 is 0 Å². The first-order valence-electron chi connectivity index (χ1n) is 11.3. The highest BCUT2D eigenvalue weighted by Gasteiger charge is 2.24. The van der Waals surface area contributed by atoms with Gasteiger partial charge in [0.25, 0.3) is 17.5 Å². The fourth-order valence-corrected chi connectivity index (χ4v) is 3.89. The van der Waals surface area contributed by atoms with E-state index in [9.17, 15) is 14.4 Å². The lowest BCUT2D eigenvalue weighted by molar-refractivity contribution is -0.121. The fraction of sp³-hybridized carbons (Fsp3) is 0.375. The first-order valence-corrected chi connectivity index (χ1v) is 11.3. The lowest BCUT2D eigenvalue weighted by Gasteiger charge is -2.23. The Balaban J connectivity index is 1.56. The van der Waals surface area contributed by atoms with Crippen LogP contribution in [0.1, 0.15) is 38.5 Å². The van der Waals surface area contributed by atoms with E-state index >= 15 is 0 Å². The number of aromatic nitrogens is 2. The van der Waals surface area contributed by atoms with E-state index in [-0.39, 0.29) is 49.7 Å². The predicted octanol–water partition coefficient (Wildman–Crippen LogP) is 1.62. The molecule has 2 N–H and O–H groups in total. The summed E-state index contributed by atoms with van der Waals surface area (Å²) in [6.45, 7) is 4.23. The van der Waals surface area contributed by atoms with Gasteiger partial charge in [0.2, 0.25) is 5.91 Å². The molecule has 35 heavy (non-hydrogen) atoms. The Kier molecular flexibility index (Phi) is 7.14. The predicted molar refractivity (Wildman–Crippen MR) is 126 cm³/mol. The number of hydrogen-bond donors (Lipinski definition) is 2. The summed E-state index contributed by atoms with van der Waals surface area (Å²) in [7, 11) is 1.53. The van der Waals surface area contributed by atoms with E-state index in [0.29, 0.717) is 52.4 Å². The summed E-state index contributed by atoms with van der Waals surface area (Å²) in [5.41, 5.74) is 2.15. The van der Waals surface area contributed by atoms with Gasteiger partial charge in [-0.05, 0) is 38.5 Å². The van der Waals surface area contributed by atoms with E-state index in [4.69, 9.17) is 14.0 Å². The minimum absolute atomic E-state index is 0.136. The zero-order valence-electron chi connectivity index (χ0n) is 19.8. The van der Waals surface area contributed by atoms with Crippen LogP contribution in [-0.2, 0) is 4.79 Å². The number of fused-ring (bicyclic) bond motifs is 2. The molecule has 1 aliphatic rings. The van der Waals surface area contributed by atoms with E-state index < -0.39 is 0 Å². The van der Waals surface area contributed by atoms with Crippen molar-refractivity contribution in [3.05, 3.63) is 46.8 Å². The first kappa shape index (κ1) is 24.0. The zero-order chi connectivity index (χ0) is 24.9. The molecule has 0 unspecified atom stereocenters. The van der Waals surface area contributed by atoms with Crippen LogP contribution in [-0.4, -0.2) is 72.7 Å². The van der Waals surface area contributed by atoms with E-state index in [1.165, 1.54) is 12.0 Å².